The number of thioether (sulfide) groups is 1. The number of amides is 1. The van der Waals surface area contributed by atoms with E-state index in [1.807, 2.05) is 0 Å². The van der Waals surface area contributed by atoms with E-state index in [2.05, 4.69) is 4.99 Å². The number of hydrogen-bond donors (Lipinski definition) is 0. The topological polar surface area (TPSA) is 29.4 Å². The Hall–Kier alpha value is -0.310. The second-order valence-corrected chi connectivity index (χ2v) is 2.20. The summed E-state index contributed by atoms with van der Waals surface area (Å²) in [7, 11) is 0. The van der Waals surface area contributed by atoms with Gasteiger partial charge in [-0.2, -0.15) is 0 Å². The van der Waals surface area contributed by atoms with Crippen molar-refractivity contribution < 1.29 is 4.79 Å². The van der Waals surface area contributed by atoms with E-state index < -0.39 is 0 Å². The van der Waals surface area contributed by atoms with E-state index in [1.54, 1.807) is 17.3 Å². The lowest BCUT2D eigenvalue weighted by atomic mass is 10.5. The minimum Gasteiger partial charge on any atom is -0.273 e. The second kappa shape index (κ2) is 2.12. The molecule has 0 unspecified atom stereocenters. The summed E-state index contributed by atoms with van der Waals surface area (Å²) >= 11 is 1.59. The van der Waals surface area contributed by atoms with Gasteiger partial charge in [-0.3, -0.25) is 4.79 Å². The van der Waals surface area contributed by atoms with Crippen LogP contribution in [0.3, 0.4) is 0 Å². The van der Waals surface area contributed by atoms with Gasteiger partial charge in [0.1, 0.15) is 0 Å². The minimum absolute atomic E-state index is 0.0127. The summed E-state index contributed by atoms with van der Waals surface area (Å²) < 4.78 is 0. The zero-order chi connectivity index (χ0) is 5.11. The largest absolute Gasteiger partial charge is 0.273 e. The number of carbonyl (C=O) groups is 1. The molecule has 0 fully saturated rings. The van der Waals surface area contributed by atoms with Crippen molar-refractivity contribution in [3.63, 3.8) is 0 Å². The molecule has 0 spiro atoms. The van der Waals surface area contributed by atoms with Crippen molar-refractivity contribution in [1.29, 1.82) is 0 Å². The van der Waals surface area contributed by atoms with Gasteiger partial charge >= 0.3 is 0 Å². The van der Waals surface area contributed by atoms with Crippen LogP contribution < -0.4 is 0 Å². The van der Waals surface area contributed by atoms with Gasteiger partial charge in [-0.25, -0.2) is 4.99 Å². The van der Waals surface area contributed by atoms with Gasteiger partial charge in [-0.15, -0.1) is 11.8 Å². The standard InChI is InChI=1S/C4H5NOS/c6-4-1-2-7-3-5-4/h3H,1-2H2. The van der Waals surface area contributed by atoms with Crippen LogP contribution >= 0.6 is 11.8 Å². The van der Waals surface area contributed by atoms with Gasteiger partial charge in [0.05, 0.1) is 5.55 Å². The van der Waals surface area contributed by atoms with Crippen LogP contribution in [0.25, 0.3) is 0 Å². The van der Waals surface area contributed by atoms with Crippen molar-refractivity contribution >= 4 is 23.2 Å². The van der Waals surface area contributed by atoms with Crippen LogP contribution in [-0.4, -0.2) is 17.2 Å². The summed E-state index contributed by atoms with van der Waals surface area (Å²) in [5.41, 5.74) is 1.60. The average molecular weight is 115 g/mol. The summed E-state index contributed by atoms with van der Waals surface area (Å²) in [6.07, 6.45) is 0.612. The molecule has 1 aliphatic heterocycles. The quantitative estimate of drug-likeness (QED) is 0.464. The maximum atomic E-state index is 10.3. The Kier molecular flexibility index (Phi) is 1.46. The van der Waals surface area contributed by atoms with Gasteiger partial charge in [0.25, 0.3) is 0 Å². The molecule has 0 aromatic carbocycles. The van der Waals surface area contributed by atoms with Gasteiger partial charge in [0.15, 0.2) is 0 Å². The van der Waals surface area contributed by atoms with Crippen LogP contribution in [0.5, 0.6) is 0 Å². The molecule has 0 saturated carbocycles. The number of aliphatic imine (C=N–C) groups is 1. The molecule has 2 nitrogen and oxygen atoms in total. The monoisotopic (exact) mass is 115 g/mol. The van der Waals surface area contributed by atoms with Crippen LogP contribution in [0.1, 0.15) is 6.42 Å². The Morgan fingerprint density at radius 3 is 3.00 bits per heavy atom. The molecule has 1 rings (SSSR count). The summed E-state index contributed by atoms with van der Waals surface area (Å²) in [5.74, 6) is 0.918. The summed E-state index contributed by atoms with van der Waals surface area (Å²) in [4.78, 5) is 13.8. The van der Waals surface area contributed by atoms with Gasteiger partial charge in [-0.1, -0.05) is 0 Å². The molecule has 3 heteroatoms. The molecule has 0 bridgehead atoms. The van der Waals surface area contributed by atoms with Crippen LogP contribution in [-0.2, 0) is 4.79 Å². The first kappa shape index (κ1) is 4.84. The molecule has 1 heterocycles. The number of carbonyl (C=O) groups excluding carboxylic acids is 1. The molecule has 0 aliphatic carbocycles. The van der Waals surface area contributed by atoms with Gasteiger partial charge < -0.3 is 0 Å². The Morgan fingerprint density at radius 1 is 1.86 bits per heavy atom. The highest BCUT2D eigenvalue weighted by Gasteiger charge is 2.00. The Labute approximate surface area is 46.0 Å². The second-order valence-electron chi connectivity index (χ2n) is 1.25. The first-order chi connectivity index (χ1) is 3.39. The van der Waals surface area contributed by atoms with Gasteiger partial charge in [0.2, 0.25) is 5.91 Å². The molecule has 0 N–H and O–H groups in total. The lowest BCUT2D eigenvalue weighted by molar-refractivity contribution is -0.117. The highest BCUT2D eigenvalue weighted by Crippen LogP contribution is 2.04. The van der Waals surface area contributed by atoms with Crippen molar-refractivity contribution in [3.8, 4) is 0 Å². The molecular formula is C4H5NOS. The zero-order valence-corrected chi connectivity index (χ0v) is 4.57. The van der Waals surface area contributed by atoms with E-state index in [9.17, 15) is 4.79 Å². The van der Waals surface area contributed by atoms with E-state index in [0.717, 1.165) is 5.75 Å². The zero-order valence-electron chi connectivity index (χ0n) is 3.76. The van der Waals surface area contributed by atoms with E-state index >= 15 is 0 Å². The molecule has 0 aromatic rings. The van der Waals surface area contributed by atoms with Gasteiger partial charge in [-0.05, 0) is 0 Å². The van der Waals surface area contributed by atoms with Crippen molar-refractivity contribution in [3.05, 3.63) is 0 Å². The fourth-order valence-electron chi connectivity index (χ4n) is 0.360. The maximum absolute atomic E-state index is 10.3. The average Bonchev–Trinajstić information content (AvgIpc) is 1.69. The third-order valence-electron chi connectivity index (χ3n) is 0.705. The molecule has 0 radical (unpaired) electrons. The van der Waals surface area contributed by atoms with Gasteiger partial charge in [0, 0.05) is 12.2 Å². The summed E-state index contributed by atoms with van der Waals surface area (Å²) in [6, 6.07) is 0. The number of nitrogens with zero attached hydrogens (tertiary/aromatic N) is 1. The number of rotatable bonds is 0. The fourth-order valence-corrected chi connectivity index (χ4v) is 0.950. The van der Waals surface area contributed by atoms with Crippen molar-refractivity contribution in [2.75, 3.05) is 5.75 Å². The third-order valence-corrected chi connectivity index (χ3v) is 1.40. The molecule has 1 aliphatic rings. The van der Waals surface area contributed by atoms with Crippen LogP contribution in [0.15, 0.2) is 4.99 Å². The van der Waals surface area contributed by atoms with E-state index in [-0.39, 0.29) is 5.91 Å². The lowest BCUT2D eigenvalue weighted by Crippen LogP contribution is -1.99. The van der Waals surface area contributed by atoms with Crippen LogP contribution in [0, 0.1) is 0 Å². The number of hydrogen-bond acceptors (Lipinski definition) is 2. The SMILES string of the molecule is O=C1CCSC=N1. The third kappa shape index (κ3) is 1.31. The molecule has 0 aromatic heterocycles. The van der Waals surface area contributed by atoms with Crippen LogP contribution in [0.2, 0.25) is 0 Å². The first-order valence-corrected chi connectivity index (χ1v) is 3.11. The highest BCUT2D eigenvalue weighted by molar-refractivity contribution is 8.12. The van der Waals surface area contributed by atoms with Crippen molar-refractivity contribution in [2.45, 2.75) is 6.42 Å². The normalized spacial score (nSPS) is 20.3. The Balaban J connectivity index is 2.51. The Bertz CT molecular complexity index is 110. The molecule has 38 valence electrons. The summed E-state index contributed by atoms with van der Waals surface area (Å²) in [6.45, 7) is 0. The first-order valence-electron chi connectivity index (χ1n) is 2.06. The predicted octanol–water partition coefficient (Wildman–Crippen LogP) is 0.678. The molecule has 1 amide bonds. The summed E-state index contributed by atoms with van der Waals surface area (Å²) in [5, 5.41) is 0. The molecule has 0 saturated heterocycles. The predicted molar refractivity (Wildman–Crippen MR) is 30.6 cm³/mol. The molecule has 0 atom stereocenters. The smallest absolute Gasteiger partial charge is 0.246 e. The highest BCUT2D eigenvalue weighted by atomic mass is 32.2. The van der Waals surface area contributed by atoms with Crippen LogP contribution in [0.4, 0.5) is 0 Å². The molecule has 7 heavy (non-hydrogen) atoms. The van der Waals surface area contributed by atoms with Crippen molar-refractivity contribution in [1.82, 2.24) is 0 Å². The maximum Gasteiger partial charge on any atom is 0.246 e. The van der Waals surface area contributed by atoms with E-state index in [1.165, 1.54) is 0 Å². The molecular weight excluding hydrogens is 110 g/mol. The fraction of sp³-hybridized carbons (Fsp3) is 0.500. The van der Waals surface area contributed by atoms with E-state index in [4.69, 9.17) is 0 Å². The Morgan fingerprint density at radius 2 is 2.71 bits per heavy atom. The lowest BCUT2D eigenvalue weighted by Gasteiger charge is -1.96. The van der Waals surface area contributed by atoms with Crippen molar-refractivity contribution in [2.24, 2.45) is 4.99 Å². The minimum atomic E-state index is 0.0127. The van der Waals surface area contributed by atoms with E-state index in [0.29, 0.717) is 6.42 Å².